The lowest BCUT2D eigenvalue weighted by Gasteiger charge is -2.07. The van der Waals surface area contributed by atoms with Gasteiger partial charge in [0.05, 0.1) is 5.92 Å². The van der Waals surface area contributed by atoms with Crippen LogP contribution in [0.1, 0.15) is 30.1 Å². The van der Waals surface area contributed by atoms with Gasteiger partial charge in [-0.15, -0.1) is 0 Å². The lowest BCUT2D eigenvalue weighted by Crippen LogP contribution is -2.25. The summed E-state index contributed by atoms with van der Waals surface area (Å²) in [6, 6.07) is 7.34. The second-order valence-electron chi connectivity index (χ2n) is 4.15. The molecule has 0 spiro atoms. The van der Waals surface area contributed by atoms with Crippen molar-refractivity contribution >= 4 is 34.5 Å². The van der Waals surface area contributed by atoms with Crippen LogP contribution < -0.4 is 5.32 Å². The van der Waals surface area contributed by atoms with Crippen LogP contribution in [0.5, 0.6) is 0 Å². The van der Waals surface area contributed by atoms with E-state index < -0.39 is 5.97 Å². The zero-order chi connectivity index (χ0) is 13.5. The van der Waals surface area contributed by atoms with Crippen molar-refractivity contribution < 1.29 is 14.7 Å². The topological polar surface area (TPSA) is 66.4 Å². The van der Waals surface area contributed by atoms with E-state index in [4.69, 9.17) is 5.11 Å². The summed E-state index contributed by atoms with van der Waals surface area (Å²) >= 11 is 2.15. The standard InChI is InChI=1S/C13H16INO3/c1-9(13(17)18)4-3-7-15-12(16)10-5-2-6-11(14)8-10/h2,5-6,8-9H,3-4,7H2,1H3,(H,15,16)(H,17,18). The van der Waals surface area contributed by atoms with Gasteiger partial charge in [-0.1, -0.05) is 13.0 Å². The molecule has 1 aromatic rings. The van der Waals surface area contributed by atoms with E-state index in [1.165, 1.54) is 0 Å². The van der Waals surface area contributed by atoms with E-state index >= 15 is 0 Å². The molecule has 1 amide bonds. The molecule has 0 saturated heterocycles. The minimum absolute atomic E-state index is 0.114. The molecular formula is C13H16INO3. The van der Waals surface area contributed by atoms with Gasteiger partial charge in [-0.05, 0) is 53.6 Å². The summed E-state index contributed by atoms with van der Waals surface area (Å²) in [4.78, 5) is 22.3. The van der Waals surface area contributed by atoms with Crippen LogP contribution in [0.15, 0.2) is 24.3 Å². The Hall–Kier alpha value is -1.11. The number of rotatable bonds is 6. The van der Waals surface area contributed by atoms with Gasteiger partial charge >= 0.3 is 5.97 Å². The zero-order valence-corrected chi connectivity index (χ0v) is 12.3. The van der Waals surface area contributed by atoms with Crippen LogP contribution in [-0.4, -0.2) is 23.5 Å². The van der Waals surface area contributed by atoms with E-state index in [9.17, 15) is 9.59 Å². The summed E-state index contributed by atoms with van der Waals surface area (Å²) < 4.78 is 1.01. The van der Waals surface area contributed by atoms with Gasteiger partial charge in [0.15, 0.2) is 0 Å². The van der Waals surface area contributed by atoms with E-state index in [-0.39, 0.29) is 11.8 Å². The third-order valence-corrected chi connectivity index (χ3v) is 3.28. The van der Waals surface area contributed by atoms with Gasteiger partial charge in [0, 0.05) is 15.7 Å². The van der Waals surface area contributed by atoms with E-state index in [2.05, 4.69) is 27.9 Å². The molecule has 0 aliphatic rings. The fourth-order valence-electron chi connectivity index (χ4n) is 1.47. The summed E-state index contributed by atoms with van der Waals surface area (Å²) in [6.07, 6.45) is 1.24. The lowest BCUT2D eigenvalue weighted by atomic mass is 10.1. The number of carboxylic acids is 1. The highest BCUT2D eigenvalue weighted by Gasteiger charge is 2.10. The van der Waals surface area contributed by atoms with Crippen molar-refractivity contribution in [3.05, 3.63) is 33.4 Å². The molecule has 0 heterocycles. The number of carboxylic acid groups (broad SMARTS) is 1. The molecular weight excluding hydrogens is 345 g/mol. The summed E-state index contributed by atoms with van der Waals surface area (Å²) in [5.74, 6) is -1.27. The minimum Gasteiger partial charge on any atom is -0.481 e. The highest BCUT2D eigenvalue weighted by molar-refractivity contribution is 14.1. The molecule has 1 atom stereocenters. The van der Waals surface area contributed by atoms with Crippen LogP contribution in [0, 0.1) is 9.49 Å². The molecule has 0 aromatic heterocycles. The Morgan fingerprint density at radius 1 is 1.44 bits per heavy atom. The number of hydrogen-bond donors (Lipinski definition) is 2. The second-order valence-corrected chi connectivity index (χ2v) is 5.39. The van der Waals surface area contributed by atoms with E-state index in [0.29, 0.717) is 24.9 Å². The van der Waals surface area contributed by atoms with Crippen molar-refractivity contribution in [2.75, 3.05) is 6.54 Å². The number of carbonyl (C=O) groups excluding carboxylic acids is 1. The monoisotopic (exact) mass is 361 g/mol. The molecule has 98 valence electrons. The molecule has 1 aromatic carbocycles. The SMILES string of the molecule is CC(CCCNC(=O)c1cccc(I)c1)C(=O)O. The first-order valence-electron chi connectivity index (χ1n) is 5.77. The largest absolute Gasteiger partial charge is 0.481 e. The number of amides is 1. The lowest BCUT2D eigenvalue weighted by molar-refractivity contribution is -0.141. The van der Waals surface area contributed by atoms with Crippen LogP contribution in [0.4, 0.5) is 0 Å². The summed E-state index contributed by atoms with van der Waals surface area (Å²) in [5, 5.41) is 11.5. The number of halogens is 1. The van der Waals surface area contributed by atoms with Gasteiger partial charge in [0.2, 0.25) is 0 Å². The average molecular weight is 361 g/mol. The predicted octanol–water partition coefficient (Wildman–Crippen LogP) is 2.52. The molecule has 18 heavy (non-hydrogen) atoms. The Morgan fingerprint density at radius 3 is 2.78 bits per heavy atom. The molecule has 0 radical (unpaired) electrons. The van der Waals surface area contributed by atoms with Crippen LogP contribution in [0.2, 0.25) is 0 Å². The zero-order valence-electron chi connectivity index (χ0n) is 10.1. The van der Waals surface area contributed by atoms with Crippen molar-refractivity contribution in [1.29, 1.82) is 0 Å². The fourth-order valence-corrected chi connectivity index (χ4v) is 2.01. The fraction of sp³-hybridized carbons (Fsp3) is 0.385. The quantitative estimate of drug-likeness (QED) is 0.605. The van der Waals surface area contributed by atoms with Crippen LogP contribution >= 0.6 is 22.6 Å². The first-order valence-corrected chi connectivity index (χ1v) is 6.85. The van der Waals surface area contributed by atoms with Crippen LogP contribution in [-0.2, 0) is 4.79 Å². The predicted molar refractivity (Wildman–Crippen MR) is 77.5 cm³/mol. The third kappa shape index (κ3) is 5.03. The normalized spacial score (nSPS) is 11.9. The van der Waals surface area contributed by atoms with Gasteiger partial charge in [0.25, 0.3) is 5.91 Å². The molecule has 0 fully saturated rings. The van der Waals surface area contributed by atoms with Gasteiger partial charge in [0.1, 0.15) is 0 Å². The van der Waals surface area contributed by atoms with Crippen LogP contribution in [0.3, 0.4) is 0 Å². The molecule has 1 unspecified atom stereocenters. The Labute approximate surface area is 120 Å². The first kappa shape index (κ1) is 14.9. The smallest absolute Gasteiger partial charge is 0.306 e. The maximum atomic E-state index is 11.7. The Kier molecular flexibility index (Phi) is 6.11. The number of aliphatic carboxylic acids is 1. The van der Waals surface area contributed by atoms with E-state index in [0.717, 1.165) is 3.57 Å². The molecule has 0 aliphatic carbocycles. The average Bonchev–Trinajstić information content (AvgIpc) is 2.33. The first-order chi connectivity index (χ1) is 8.50. The van der Waals surface area contributed by atoms with Gasteiger partial charge in [-0.2, -0.15) is 0 Å². The number of benzene rings is 1. The second kappa shape index (κ2) is 7.35. The van der Waals surface area contributed by atoms with Crippen LogP contribution in [0.25, 0.3) is 0 Å². The molecule has 0 aliphatic heterocycles. The van der Waals surface area contributed by atoms with Crippen molar-refractivity contribution in [2.24, 2.45) is 5.92 Å². The van der Waals surface area contributed by atoms with E-state index in [1.807, 2.05) is 18.2 Å². The molecule has 0 saturated carbocycles. The maximum absolute atomic E-state index is 11.7. The van der Waals surface area contributed by atoms with Gasteiger partial charge in [-0.3, -0.25) is 9.59 Å². The van der Waals surface area contributed by atoms with E-state index in [1.54, 1.807) is 13.0 Å². The summed E-state index contributed by atoms with van der Waals surface area (Å²) in [7, 11) is 0. The Bertz CT molecular complexity index is 434. The molecule has 0 bridgehead atoms. The number of nitrogens with one attached hydrogen (secondary N) is 1. The summed E-state index contributed by atoms with van der Waals surface area (Å²) in [5.41, 5.74) is 0.633. The molecule has 1 rings (SSSR count). The molecule has 2 N–H and O–H groups in total. The maximum Gasteiger partial charge on any atom is 0.306 e. The summed E-state index contributed by atoms with van der Waals surface area (Å²) in [6.45, 7) is 2.17. The van der Waals surface area contributed by atoms with Crippen molar-refractivity contribution in [2.45, 2.75) is 19.8 Å². The van der Waals surface area contributed by atoms with Gasteiger partial charge in [-0.25, -0.2) is 0 Å². The third-order valence-electron chi connectivity index (χ3n) is 2.61. The van der Waals surface area contributed by atoms with Crippen molar-refractivity contribution in [3.8, 4) is 0 Å². The number of hydrogen-bond acceptors (Lipinski definition) is 2. The highest BCUT2D eigenvalue weighted by atomic mass is 127. The highest BCUT2D eigenvalue weighted by Crippen LogP contribution is 2.08. The Balaban J connectivity index is 2.32. The number of carbonyl (C=O) groups is 2. The molecule has 4 nitrogen and oxygen atoms in total. The van der Waals surface area contributed by atoms with Gasteiger partial charge < -0.3 is 10.4 Å². The molecule has 5 heteroatoms. The van der Waals surface area contributed by atoms with Crippen molar-refractivity contribution in [1.82, 2.24) is 5.32 Å². The minimum atomic E-state index is -0.793. The Morgan fingerprint density at radius 2 is 2.17 bits per heavy atom. The van der Waals surface area contributed by atoms with Crippen molar-refractivity contribution in [3.63, 3.8) is 0 Å².